The van der Waals surface area contributed by atoms with Crippen molar-refractivity contribution in [2.24, 2.45) is 5.73 Å². The van der Waals surface area contributed by atoms with E-state index >= 15 is 0 Å². The first kappa shape index (κ1) is 19.7. The third kappa shape index (κ3) is 3.80. The molecule has 4 N–H and O–H groups in total. The van der Waals surface area contributed by atoms with Crippen LogP contribution in [-0.4, -0.2) is 57.4 Å². The predicted octanol–water partition coefficient (Wildman–Crippen LogP) is 1.88. The molecule has 31 heavy (non-hydrogen) atoms. The number of phenolic OH excluding ortho intramolecular Hbond substituents is 1. The van der Waals surface area contributed by atoms with E-state index in [2.05, 4.69) is 21.9 Å². The van der Waals surface area contributed by atoms with Crippen molar-refractivity contribution in [2.75, 3.05) is 36.0 Å². The van der Waals surface area contributed by atoms with Gasteiger partial charge < -0.3 is 25.7 Å². The summed E-state index contributed by atoms with van der Waals surface area (Å²) < 4.78 is 0. The van der Waals surface area contributed by atoms with Crippen LogP contribution in [0.2, 0.25) is 0 Å². The second-order valence-electron chi connectivity index (χ2n) is 8.14. The summed E-state index contributed by atoms with van der Waals surface area (Å²) in [6, 6.07) is 15.0. The van der Waals surface area contributed by atoms with E-state index in [1.807, 2.05) is 18.2 Å². The van der Waals surface area contributed by atoms with E-state index in [9.17, 15) is 10.2 Å². The molecule has 2 aromatic carbocycles. The van der Waals surface area contributed by atoms with Gasteiger partial charge in [-0.1, -0.05) is 36.4 Å². The number of rotatable bonds is 4. The second kappa shape index (κ2) is 8.13. The molecule has 2 aliphatic heterocycles. The standard InChI is InChI=1S/C23H26N6O2/c24-17-9-10-28(13-17)22-25-21(16-5-3-6-18(31)12-16)26-23(27-22)29-11-8-15-4-1-2-7-19(15)20(29)14-30/h1-7,12,17,20,30-31H,8-11,13-14,24H2/t17-,20?/m1/s1. The lowest BCUT2D eigenvalue weighted by Gasteiger charge is -2.36. The lowest BCUT2D eigenvalue weighted by atomic mass is 9.93. The molecule has 2 aliphatic rings. The Bertz CT molecular complexity index is 1090. The molecule has 1 fully saturated rings. The topological polar surface area (TPSA) is 112 Å². The number of nitrogens with zero attached hydrogens (tertiary/aromatic N) is 5. The van der Waals surface area contributed by atoms with E-state index in [0.717, 1.165) is 24.9 Å². The lowest BCUT2D eigenvalue weighted by molar-refractivity contribution is 0.256. The number of phenols is 1. The fourth-order valence-electron chi connectivity index (χ4n) is 4.45. The number of aliphatic hydroxyl groups excluding tert-OH is 1. The summed E-state index contributed by atoms with van der Waals surface area (Å²) in [5, 5.41) is 20.2. The molecule has 160 valence electrons. The average molecular weight is 419 g/mol. The monoisotopic (exact) mass is 418 g/mol. The quantitative estimate of drug-likeness (QED) is 0.589. The van der Waals surface area contributed by atoms with Gasteiger partial charge in [0.15, 0.2) is 5.82 Å². The van der Waals surface area contributed by atoms with E-state index in [-0.39, 0.29) is 24.4 Å². The van der Waals surface area contributed by atoms with Gasteiger partial charge in [-0.25, -0.2) is 0 Å². The van der Waals surface area contributed by atoms with Crippen molar-refractivity contribution in [3.8, 4) is 17.1 Å². The number of aromatic hydroxyl groups is 1. The first-order chi connectivity index (χ1) is 15.1. The van der Waals surface area contributed by atoms with Gasteiger partial charge >= 0.3 is 0 Å². The fourth-order valence-corrected chi connectivity index (χ4v) is 4.45. The molecule has 0 spiro atoms. The first-order valence-corrected chi connectivity index (χ1v) is 10.6. The summed E-state index contributed by atoms with van der Waals surface area (Å²) >= 11 is 0. The molecule has 3 aromatic rings. The third-order valence-electron chi connectivity index (χ3n) is 6.07. The number of anilines is 2. The van der Waals surface area contributed by atoms with Crippen molar-refractivity contribution in [3.05, 3.63) is 59.7 Å². The first-order valence-electron chi connectivity index (χ1n) is 10.6. The zero-order valence-electron chi connectivity index (χ0n) is 17.2. The Morgan fingerprint density at radius 1 is 1.00 bits per heavy atom. The van der Waals surface area contributed by atoms with Crippen molar-refractivity contribution in [1.29, 1.82) is 0 Å². The Hall–Kier alpha value is -3.23. The Morgan fingerprint density at radius 3 is 2.61 bits per heavy atom. The van der Waals surface area contributed by atoms with Crippen LogP contribution in [0.25, 0.3) is 11.4 Å². The normalized spacial score (nSPS) is 20.7. The maximum Gasteiger partial charge on any atom is 0.231 e. The molecular weight excluding hydrogens is 392 g/mol. The smallest absolute Gasteiger partial charge is 0.231 e. The molecule has 1 unspecified atom stereocenters. The molecule has 8 nitrogen and oxygen atoms in total. The highest BCUT2D eigenvalue weighted by Crippen LogP contribution is 2.34. The molecule has 2 atom stereocenters. The average Bonchev–Trinajstić information content (AvgIpc) is 3.24. The van der Waals surface area contributed by atoms with Gasteiger partial charge in [0.1, 0.15) is 5.75 Å². The number of hydrogen-bond donors (Lipinski definition) is 3. The minimum absolute atomic E-state index is 0.0337. The zero-order chi connectivity index (χ0) is 21.4. The molecule has 5 rings (SSSR count). The molecular formula is C23H26N6O2. The second-order valence-corrected chi connectivity index (χ2v) is 8.14. The highest BCUT2D eigenvalue weighted by atomic mass is 16.3. The summed E-state index contributed by atoms with van der Waals surface area (Å²) in [5.41, 5.74) is 9.17. The molecule has 1 saturated heterocycles. The van der Waals surface area contributed by atoms with E-state index in [1.54, 1.807) is 18.2 Å². The Labute approximate surface area is 181 Å². The summed E-state index contributed by atoms with van der Waals surface area (Å²) in [5.74, 6) is 1.75. The van der Waals surface area contributed by atoms with Gasteiger partial charge in [-0.3, -0.25) is 0 Å². The maximum atomic E-state index is 10.2. The van der Waals surface area contributed by atoms with Crippen LogP contribution in [0, 0.1) is 0 Å². The summed E-state index contributed by atoms with van der Waals surface area (Å²) in [4.78, 5) is 18.4. The summed E-state index contributed by atoms with van der Waals surface area (Å²) in [7, 11) is 0. The third-order valence-corrected chi connectivity index (χ3v) is 6.07. The minimum Gasteiger partial charge on any atom is -0.508 e. The van der Waals surface area contributed by atoms with Gasteiger partial charge in [0, 0.05) is 31.2 Å². The molecule has 1 aromatic heterocycles. The van der Waals surface area contributed by atoms with E-state index < -0.39 is 0 Å². The van der Waals surface area contributed by atoms with Crippen molar-refractivity contribution < 1.29 is 10.2 Å². The Kier molecular flexibility index (Phi) is 5.17. The van der Waals surface area contributed by atoms with Crippen LogP contribution in [-0.2, 0) is 6.42 Å². The molecule has 0 bridgehead atoms. The van der Waals surface area contributed by atoms with Gasteiger partial charge in [-0.2, -0.15) is 15.0 Å². The van der Waals surface area contributed by atoms with E-state index in [1.165, 1.54) is 5.56 Å². The summed E-state index contributed by atoms with van der Waals surface area (Å²) in [6.07, 6.45) is 1.74. The number of benzene rings is 2. The zero-order valence-corrected chi connectivity index (χ0v) is 17.2. The van der Waals surface area contributed by atoms with Gasteiger partial charge in [0.25, 0.3) is 0 Å². The van der Waals surface area contributed by atoms with Crippen LogP contribution in [0.15, 0.2) is 48.5 Å². The van der Waals surface area contributed by atoms with Gasteiger partial charge in [-0.15, -0.1) is 0 Å². The summed E-state index contributed by atoms with van der Waals surface area (Å²) in [6.45, 7) is 2.14. The Morgan fingerprint density at radius 2 is 1.84 bits per heavy atom. The lowest BCUT2D eigenvalue weighted by Crippen LogP contribution is -2.39. The van der Waals surface area contributed by atoms with Crippen molar-refractivity contribution in [2.45, 2.75) is 24.9 Å². The number of fused-ring (bicyclic) bond motifs is 1. The van der Waals surface area contributed by atoms with Crippen LogP contribution in [0.1, 0.15) is 23.6 Å². The van der Waals surface area contributed by atoms with Crippen LogP contribution >= 0.6 is 0 Å². The number of hydrogen-bond acceptors (Lipinski definition) is 8. The molecule has 0 aliphatic carbocycles. The van der Waals surface area contributed by atoms with Gasteiger partial charge in [-0.05, 0) is 36.1 Å². The van der Waals surface area contributed by atoms with Crippen LogP contribution < -0.4 is 15.5 Å². The molecule has 3 heterocycles. The van der Waals surface area contributed by atoms with Crippen molar-refractivity contribution >= 4 is 11.9 Å². The van der Waals surface area contributed by atoms with Gasteiger partial charge in [0.05, 0.1) is 12.6 Å². The molecule has 0 radical (unpaired) electrons. The van der Waals surface area contributed by atoms with Crippen molar-refractivity contribution in [3.63, 3.8) is 0 Å². The Balaban J connectivity index is 1.60. The SMILES string of the molecule is N[C@@H]1CCN(c2nc(-c3cccc(O)c3)nc(N3CCc4ccccc4C3CO)n2)C1. The number of aliphatic hydroxyl groups is 1. The van der Waals surface area contributed by atoms with Gasteiger partial charge in [0.2, 0.25) is 11.9 Å². The maximum absolute atomic E-state index is 10.2. The number of aromatic nitrogens is 3. The largest absolute Gasteiger partial charge is 0.508 e. The highest BCUT2D eigenvalue weighted by molar-refractivity contribution is 5.61. The van der Waals surface area contributed by atoms with E-state index in [0.29, 0.717) is 36.4 Å². The molecule has 0 amide bonds. The van der Waals surface area contributed by atoms with Crippen LogP contribution in [0.4, 0.5) is 11.9 Å². The van der Waals surface area contributed by atoms with Crippen LogP contribution in [0.5, 0.6) is 5.75 Å². The van der Waals surface area contributed by atoms with E-state index in [4.69, 9.17) is 20.7 Å². The molecule has 8 heteroatoms. The minimum atomic E-state index is -0.224. The van der Waals surface area contributed by atoms with Crippen molar-refractivity contribution in [1.82, 2.24) is 15.0 Å². The predicted molar refractivity (Wildman–Crippen MR) is 119 cm³/mol. The highest BCUT2D eigenvalue weighted by Gasteiger charge is 2.30. The molecule has 0 saturated carbocycles. The van der Waals surface area contributed by atoms with Crippen LogP contribution in [0.3, 0.4) is 0 Å². The fraction of sp³-hybridized carbons (Fsp3) is 0.348. The number of nitrogens with two attached hydrogens (primary N) is 1.